The van der Waals surface area contributed by atoms with Crippen LogP contribution >= 0.6 is 0 Å². The third kappa shape index (κ3) is 6.06. The highest BCUT2D eigenvalue weighted by atomic mass is 32.2. The van der Waals surface area contributed by atoms with Gasteiger partial charge in [-0.2, -0.15) is 0 Å². The van der Waals surface area contributed by atoms with Crippen LogP contribution in [0.4, 0.5) is 0 Å². The fraction of sp³-hybridized carbons (Fsp3) is 0.619. The van der Waals surface area contributed by atoms with Gasteiger partial charge in [-0.1, -0.05) is 45.2 Å². The summed E-state index contributed by atoms with van der Waals surface area (Å²) in [6, 6.07) is 5.59. The first-order valence-corrected chi connectivity index (χ1v) is 11.9. The Morgan fingerprint density at radius 2 is 1.54 bits per heavy atom. The Bertz CT molecular complexity index is 781. The molecule has 156 valence electrons. The van der Waals surface area contributed by atoms with Gasteiger partial charge in [0.05, 0.1) is 10.9 Å². The van der Waals surface area contributed by atoms with Gasteiger partial charge in [0.15, 0.2) is 9.84 Å². The molecular weight excluding hydrogens is 376 g/mol. The van der Waals surface area contributed by atoms with E-state index in [2.05, 4.69) is 10.6 Å². The molecule has 2 atom stereocenters. The molecule has 1 aromatic rings. The van der Waals surface area contributed by atoms with Crippen molar-refractivity contribution >= 4 is 21.7 Å². The van der Waals surface area contributed by atoms with Crippen molar-refractivity contribution in [2.45, 2.75) is 69.9 Å². The molecule has 6 nitrogen and oxygen atoms in total. The zero-order valence-corrected chi connectivity index (χ0v) is 18.0. The second-order valence-corrected chi connectivity index (χ2v) is 10.2. The van der Waals surface area contributed by atoms with Gasteiger partial charge >= 0.3 is 0 Å². The number of rotatable bonds is 7. The van der Waals surface area contributed by atoms with Gasteiger partial charge in [-0.05, 0) is 43.4 Å². The van der Waals surface area contributed by atoms with Crippen molar-refractivity contribution in [2.24, 2.45) is 11.8 Å². The molecule has 1 aromatic carbocycles. The van der Waals surface area contributed by atoms with Crippen LogP contribution < -0.4 is 10.6 Å². The summed E-state index contributed by atoms with van der Waals surface area (Å²) in [4.78, 5) is 25.6. The van der Waals surface area contributed by atoms with Gasteiger partial charge in [0.25, 0.3) is 0 Å². The number of carbonyl (C=O) groups excluding carboxylic acids is 2. The Kier molecular flexibility index (Phi) is 7.63. The molecule has 1 aliphatic rings. The summed E-state index contributed by atoms with van der Waals surface area (Å²) < 4.78 is 23.2. The maximum Gasteiger partial charge on any atom is 0.243 e. The molecule has 28 heavy (non-hydrogen) atoms. The number of sulfone groups is 1. The Labute approximate surface area is 168 Å². The minimum atomic E-state index is -3.25. The lowest BCUT2D eigenvalue weighted by atomic mass is 9.88. The van der Waals surface area contributed by atoms with Crippen molar-refractivity contribution in [3.8, 4) is 0 Å². The Balaban J connectivity index is 2.01. The molecule has 7 heteroatoms. The molecule has 0 saturated heterocycles. The molecule has 0 spiro atoms. The monoisotopic (exact) mass is 408 g/mol. The number of hydrogen-bond donors (Lipinski definition) is 2. The fourth-order valence-electron chi connectivity index (χ4n) is 3.56. The van der Waals surface area contributed by atoms with E-state index in [9.17, 15) is 18.0 Å². The minimum absolute atomic E-state index is 0.00348. The van der Waals surface area contributed by atoms with Gasteiger partial charge in [-0.25, -0.2) is 8.42 Å². The number of hydrogen-bond acceptors (Lipinski definition) is 4. The summed E-state index contributed by atoms with van der Waals surface area (Å²) in [6.07, 6.45) is 6.25. The van der Waals surface area contributed by atoms with E-state index < -0.39 is 15.9 Å². The van der Waals surface area contributed by atoms with Crippen LogP contribution in [0, 0.1) is 11.8 Å². The highest BCUT2D eigenvalue weighted by molar-refractivity contribution is 7.90. The molecule has 0 aliphatic heterocycles. The van der Waals surface area contributed by atoms with Crippen molar-refractivity contribution in [3.63, 3.8) is 0 Å². The van der Waals surface area contributed by atoms with Crippen LogP contribution in [-0.4, -0.2) is 32.5 Å². The molecule has 2 unspecified atom stereocenters. The molecule has 1 aliphatic carbocycles. The standard InChI is InChI=1S/C21H32N2O4S/c1-14(2)19(23-20(24)17-8-6-5-7-9-17)21(25)22-15(3)16-10-12-18(13-11-16)28(4,26)27/h10-15,17,19H,5-9H2,1-4H3,(H,22,25)(H,23,24). The van der Waals surface area contributed by atoms with E-state index in [-0.39, 0.29) is 34.6 Å². The smallest absolute Gasteiger partial charge is 0.243 e. The van der Waals surface area contributed by atoms with Crippen LogP contribution in [0.5, 0.6) is 0 Å². The van der Waals surface area contributed by atoms with Crippen molar-refractivity contribution in [3.05, 3.63) is 29.8 Å². The van der Waals surface area contributed by atoms with Crippen LogP contribution in [-0.2, 0) is 19.4 Å². The third-order valence-corrected chi connectivity index (χ3v) is 6.52. The quantitative estimate of drug-likeness (QED) is 0.725. The van der Waals surface area contributed by atoms with Gasteiger partial charge in [-0.15, -0.1) is 0 Å². The minimum Gasteiger partial charge on any atom is -0.348 e. The van der Waals surface area contributed by atoms with Crippen LogP contribution in [0.25, 0.3) is 0 Å². The molecule has 0 heterocycles. The predicted molar refractivity (Wildman–Crippen MR) is 109 cm³/mol. The summed E-state index contributed by atoms with van der Waals surface area (Å²) in [6.45, 7) is 5.67. The van der Waals surface area contributed by atoms with Crippen molar-refractivity contribution in [1.82, 2.24) is 10.6 Å². The molecule has 2 rings (SSSR count). The SMILES string of the molecule is CC(NC(=O)C(NC(=O)C1CCCCC1)C(C)C)c1ccc(S(C)(=O)=O)cc1. The molecule has 1 saturated carbocycles. The van der Waals surface area contributed by atoms with Crippen LogP contribution in [0.15, 0.2) is 29.2 Å². The Morgan fingerprint density at radius 1 is 0.964 bits per heavy atom. The molecule has 1 fully saturated rings. The molecule has 0 aromatic heterocycles. The maximum absolute atomic E-state index is 12.8. The zero-order chi connectivity index (χ0) is 20.9. The van der Waals surface area contributed by atoms with E-state index in [0.717, 1.165) is 37.5 Å². The van der Waals surface area contributed by atoms with E-state index in [0.29, 0.717) is 0 Å². The summed E-state index contributed by atoms with van der Waals surface area (Å²) in [5.74, 6) is -0.284. The normalized spacial score (nSPS) is 17.8. The largest absolute Gasteiger partial charge is 0.348 e. The summed E-state index contributed by atoms with van der Waals surface area (Å²) >= 11 is 0. The van der Waals surface area contributed by atoms with E-state index in [1.807, 2.05) is 20.8 Å². The number of nitrogens with one attached hydrogen (secondary N) is 2. The van der Waals surface area contributed by atoms with E-state index in [4.69, 9.17) is 0 Å². The van der Waals surface area contributed by atoms with Gasteiger partial charge in [0.1, 0.15) is 6.04 Å². The first-order valence-electron chi connectivity index (χ1n) is 10.0. The Morgan fingerprint density at radius 3 is 2.04 bits per heavy atom. The average Bonchev–Trinajstić information content (AvgIpc) is 2.65. The first-order chi connectivity index (χ1) is 13.1. The van der Waals surface area contributed by atoms with Gasteiger partial charge < -0.3 is 10.6 Å². The lowest BCUT2D eigenvalue weighted by Gasteiger charge is -2.27. The molecule has 2 N–H and O–H groups in total. The van der Waals surface area contributed by atoms with E-state index in [1.165, 1.54) is 18.6 Å². The van der Waals surface area contributed by atoms with Gasteiger partial charge in [0, 0.05) is 12.2 Å². The van der Waals surface area contributed by atoms with Gasteiger partial charge in [0.2, 0.25) is 11.8 Å². The van der Waals surface area contributed by atoms with E-state index in [1.54, 1.807) is 12.1 Å². The molecular formula is C21H32N2O4S. The Hall–Kier alpha value is -1.89. The van der Waals surface area contributed by atoms with Crippen molar-refractivity contribution in [2.75, 3.05) is 6.26 Å². The highest BCUT2D eigenvalue weighted by Gasteiger charge is 2.29. The molecule has 0 radical (unpaired) electrons. The lowest BCUT2D eigenvalue weighted by molar-refractivity contribution is -0.133. The molecule has 0 bridgehead atoms. The number of carbonyl (C=O) groups is 2. The number of benzene rings is 1. The molecule has 2 amide bonds. The first kappa shape index (κ1) is 22.4. The van der Waals surface area contributed by atoms with Crippen LogP contribution in [0.3, 0.4) is 0 Å². The third-order valence-electron chi connectivity index (χ3n) is 5.39. The van der Waals surface area contributed by atoms with Crippen molar-refractivity contribution in [1.29, 1.82) is 0 Å². The summed E-state index contributed by atoms with van der Waals surface area (Å²) in [5.41, 5.74) is 0.807. The topological polar surface area (TPSA) is 92.3 Å². The average molecular weight is 409 g/mol. The van der Waals surface area contributed by atoms with E-state index >= 15 is 0 Å². The van der Waals surface area contributed by atoms with Crippen LogP contribution in [0.1, 0.15) is 64.5 Å². The predicted octanol–water partition coefficient (Wildman–Crippen LogP) is 2.99. The van der Waals surface area contributed by atoms with Crippen molar-refractivity contribution < 1.29 is 18.0 Å². The maximum atomic E-state index is 12.8. The fourth-order valence-corrected chi connectivity index (χ4v) is 4.19. The summed E-state index contributed by atoms with van der Waals surface area (Å²) in [7, 11) is -3.25. The van der Waals surface area contributed by atoms with Gasteiger partial charge in [-0.3, -0.25) is 9.59 Å². The van der Waals surface area contributed by atoms with Crippen LogP contribution in [0.2, 0.25) is 0 Å². The highest BCUT2D eigenvalue weighted by Crippen LogP contribution is 2.24. The summed E-state index contributed by atoms with van der Waals surface area (Å²) in [5, 5.41) is 5.88. The number of amides is 2. The lowest BCUT2D eigenvalue weighted by Crippen LogP contribution is -2.51. The second-order valence-electron chi connectivity index (χ2n) is 8.14. The zero-order valence-electron chi connectivity index (χ0n) is 17.2. The second kappa shape index (κ2) is 9.54.